The van der Waals surface area contributed by atoms with Crippen molar-refractivity contribution in [2.45, 2.75) is 57.1 Å². The summed E-state index contributed by atoms with van der Waals surface area (Å²) >= 11 is 0. The number of rotatable bonds is 3. The number of alkyl carbamates (subject to hydrolysis) is 1. The summed E-state index contributed by atoms with van der Waals surface area (Å²) in [4.78, 5) is 11.6. The lowest BCUT2D eigenvalue weighted by molar-refractivity contribution is 0.0503. The molecule has 6 nitrogen and oxygen atoms in total. The van der Waals surface area contributed by atoms with Crippen molar-refractivity contribution in [1.82, 2.24) is 5.32 Å². The highest BCUT2D eigenvalue weighted by molar-refractivity contribution is 7.91. The van der Waals surface area contributed by atoms with Crippen molar-refractivity contribution in [3.63, 3.8) is 0 Å². The summed E-state index contributed by atoms with van der Waals surface area (Å²) in [5, 5.41) is 12.4. The summed E-state index contributed by atoms with van der Waals surface area (Å²) in [6, 6.07) is -0.142. The molecule has 112 valence electrons. The van der Waals surface area contributed by atoms with E-state index < -0.39 is 27.0 Å². The lowest BCUT2D eigenvalue weighted by atomic mass is 10.1. The van der Waals surface area contributed by atoms with Crippen molar-refractivity contribution in [2.24, 2.45) is 5.92 Å². The van der Waals surface area contributed by atoms with Gasteiger partial charge in [0.05, 0.1) is 0 Å². The van der Waals surface area contributed by atoms with Crippen LogP contribution in [0.4, 0.5) is 4.79 Å². The molecule has 1 amide bonds. The molecule has 1 saturated carbocycles. The van der Waals surface area contributed by atoms with Crippen LogP contribution in [0.25, 0.3) is 0 Å². The van der Waals surface area contributed by atoms with Gasteiger partial charge in [0.25, 0.3) is 0 Å². The van der Waals surface area contributed by atoms with Crippen molar-refractivity contribution < 1.29 is 23.1 Å². The molecule has 0 aliphatic heterocycles. The second-order valence-electron chi connectivity index (χ2n) is 6.14. The second kappa shape index (κ2) is 5.66. The van der Waals surface area contributed by atoms with Gasteiger partial charge < -0.3 is 15.2 Å². The molecule has 0 saturated heterocycles. The van der Waals surface area contributed by atoms with Gasteiger partial charge in [0.2, 0.25) is 0 Å². The smallest absolute Gasteiger partial charge is 0.407 e. The van der Waals surface area contributed by atoms with E-state index in [1.54, 1.807) is 20.8 Å². The monoisotopic (exact) mass is 293 g/mol. The van der Waals surface area contributed by atoms with Crippen molar-refractivity contribution in [2.75, 3.05) is 6.26 Å². The Kier molecular flexibility index (Phi) is 4.84. The van der Waals surface area contributed by atoms with Gasteiger partial charge in [-0.05, 0) is 40.0 Å². The fraction of sp³-hybridized carbons (Fsp3) is 0.917. The topological polar surface area (TPSA) is 92.7 Å². The number of hydrogen-bond acceptors (Lipinski definition) is 5. The summed E-state index contributed by atoms with van der Waals surface area (Å²) < 4.78 is 27.7. The molecule has 1 rings (SSSR count). The number of nitrogens with one attached hydrogen (secondary N) is 1. The first kappa shape index (κ1) is 16.2. The summed E-state index contributed by atoms with van der Waals surface area (Å²) in [6.07, 6.45) is 2.19. The molecule has 0 radical (unpaired) electrons. The first-order valence-electron chi connectivity index (χ1n) is 6.35. The second-order valence-corrected chi connectivity index (χ2v) is 8.28. The van der Waals surface area contributed by atoms with Crippen LogP contribution in [-0.4, -0.2) is 43.0 Å². The molecule has 0 bridgehead atoms. The van der Waals surface area contributed by atoms with Gasteiger partial charge in [0.1, 0.15) is 5.60 Å². The minimum absolute atomic E-state index is 0.142. The molecule has 1 unspecified atom stereocenters. The Morgan fingerprint density at radius 3 is 2.42 bits per heavy atom. The molecule has 0 spiro atoms. The van der Waals surface area contributed by atoms with Gasteiger partial charge in [-0.15, -0.1) is 0 Å². The van der Waals surface area contributed by atoms with Crippen LogP contribution in [-0.2, 0) is 14.6 Å². The molecule has 1 aliphatic carbocycles. The van der Waals surface area contributed by atoms with Gasteiger partial charge in [0.15, 0.2) is 15.3 Å². The van der Waals surface area contributed by atoms with E-state index in [-0.39, 0.29) is 12.0 Å². The van der Waals surface area contributed by atoms with E-state index in [1.807, 2.05) is 0 Å². The summed E-state index contributed by atoms with van der Waals surface area (Å²) in [7, 11) is -3.46. The number of ether oxygens (including phenoxy) is 1. The van der Waals surface area contributed by atoms with Crippen LogP contribution in [0.2, 0.25) is 0 Å². The largest absolute Gasteiger partial charge is 0.444 e. The van der Waals surface area contributed by atoms with E-state index in [4.69, 9.17) is 4.74 Å². The predicted octanol–water partition coefficient (Wildman–Crippen LogP) is 1.04. The zero-order valence-corrected chi connectivity index (χ0v) is 12.7. The Morgan fingerprint density at radius 1 is 1.37 bits per heavy atom. The third kappa shape index (κ3) is 5.36. The third-order valence-corrected chi connectivity index (χ3v) is 4.30. The minimum atomic E-state index is -3.46. The molecule has 3 atom stereocenters. The van der Waals surface area contributed by atoms with E-state index in [0.717, 1.165) is 6.26 Å². The van der Waals surface area contributed by atoms with Crippen LogP contribution >= 0.6 is 0 Å². The van der Waals surface area contributed by atoms with Gasteiger partial charge in [-0.3, -0.25) is 0 Å². The number of carbonyl (C=O) groups is 1. The third-order valence-electron chi connectivity index (χ3n) is 3.04. The summed E-state index contributed by atoms with van der Waals surface area (Å²) in [5.74, 6) is -0.324. The van der Waals surface area contributed by atoms with Crippen LogP contribution in [0.3, 0.4) is 0 Å². The Hall–Kier alpha value is -0.820. The van der Waals surface area contributed by atoms with Crippen molar-refractivity contribution in [3.05, 3.63) is 0 Å². The predicted molar refractivity (Wildman–Crippen MR) is 71.3 cm³/mol. The van der Waals surface area contributed by atoms with E-state index in [2.05, 4.69) is 5.32 Å². The number of aliphatic hydroxyl groups is 1. The van der Waals surface area contributed by atoms with Crippen LogP contribution in [0.1, 0.15) is 40.0 Å². The molecule has 19 heavy (non-hydrogen) atoms. The molecule has 1 fully saturated rings. The first-order valence-corrected chi connectivity index (χ1v) is 8.31. The Labute approximate surface area is 114 Å². The molecule has 0 heterocycles. The standard InChI is InChI=1S/C12H23NO5S/c1-12(2,3)18-11(15)13-9-6-5-8(7-9)10(14)19(4,16)17/h8-10,14H,5-7H2,1-4H3,(H,13,15)/t8-,9+,10?/m0/s1. The van der Waals surface area contributed by atoms with Crippen LogP contribution in [0, 0.1) is 5.92 Å². The SMILES string of the molecule is CC(C)(C)OC(=O)N[C@@H]1CC[C@H](C(O)S(C)(=O)=O)C1. The fourth-order valence-corrected chi connectivity index (χ4v) is 3.18. The zero-order valence-electron chi connectivity index (χ0n) is 11.8. The number of amides is 1. The molecule has 0 aromatic carbocycles. The molecular weight excluding hydrogens is 270 g/mol. The molecular formula is C12H23NO5S. The highest BCUT2D eigenvalue weighted by atomic mass is 32.2. The number of sulfone groups is 1. The molecule has 1 aliphatic rings. The summed E-state index contributed by atoms with van der Waals surface area (Å²) in [6.45, 7) is 5.33. The van der Waals surface area contributed by atoms with Crippen molar-refractivity contribution in [3.8, 4) is 0 Å². The van der Waals surface area contributed by atoms with Gasteiger partial charge >= 0.3 is 6.09 Å². The van der Waals surface area contributed by atoms with Crippen molar-refractivity contribution in [1.29, 1.82) is 0 Å². The lowest BCUT2D eigenvalue weighted by Crippen LogP contribution is -2.38. The molecule has 2 N–H and O–H groups in total. The van der Waals surface area contributed by atoms with E-state index >= 15 is 0 Å². The minimum Gasteiger partial charge on any atom is -0.444 e. The first-order chi connectivity index (χ1) is 8.49. The maximum Gasteiger partial charge on any atom is 0.407 e. The van der Waals surface area contributed by atoms with Gasteiger partial charge in [0, 0.05) is 18.2 Å². The van der Waals surface area contributed by atoms with E-state index in [1.165, 1.54) is 0 Å². The van der Waals surface area contributed by atoms with Crippen LogP contribution in [0.15, 0.2) is 0 Å². The average Bonchev–Trinajstić information content (AvgIpc) is 2.60. The Morgan fingerprint density at radius 2 is 1.95 bits per heavy atom. The summed E-state index contributed by atoms with van der Waals surface area (Å²) in [5.41, 5.74) is -1.91. The highest BCUT2D eigenvalue weighted by Crippen LogP contribution is 2.30. The maximum absolute atomic E-state index is 11.6. The Balaban J connectivity index is 2.47. The van der Waals surface area contributed by atoms with Crippen LogP contribution < -0.4 is 5.32 Å². The number of aliphatic hydroxyl groups excluding tert-OH is 1. The van der Waals surface area contributed by atoms with Gasteiger partial charge in [-0.25, -0.2) is 13.2 Å². The van der Waals surface area contributed by atoms with Crippen LogP contribution in [0.5, 0.6) is 0 Å². The fourth-order valence-electron chi connectivity index (χ4n) is 2.23. The molecule has 0 aromatic rings. The lowest BCUT2D eigenvalue weighted by Gasteiger charge is -2.22. The average molecular weight is 293 g/mol. The zero-order chi connectivity index (χ0) is 14.8. The number of carbonyl (C=O) groups excluding carboxylic acids is 1. The highest BCUT2D eigenvalue weighted by Gasteiger charge is 2.35. The van der Waals surface area contributed by atoms with Crippen molar-refractivity contribution >= 4 is 15.9 Å². The molecule has 7 heteroatoms. The molecule has 0 aromatic heterocycles. The van der Waals surface area contributed by atoms with E-state index in [9.17, 15) is 18.3 Å². The normalized spacial score (nSPS) is 25.9. The van der Waals surface area contributed by atoms with E-state index in [0.29, 0.717) is 19.3 Å². The van der Waals surface area contributed by atoms with Gasteiger partial charge in [-0.2, -0.15) is 0 Å². The maximum atomic E-state index is 11.6. The Bertz CT molecular complexity index is 426. The quantitative estimate of drug-likeness (QED) is 0.811. The number of hydrogen-bond donors (Lipinski definition) is 2. The van der Waals surface area contributed by atoms with Gasteiger partial charge in [-0.1, -0.05) is 0 Å².